The molecule has 12 heteroatoms. The topological polar surface area (TPSA) is 113 Å². The molecule has 9 nitrogen and oxygen atoms in total. The van der Waals surface area contributed by atoms with Crippen LogP contribution in [0.15, 0.2) is 17.3 Å². The van der Waals surface area contributed by atoms with Crippen molar-refractivity contribution in [1.29, 1.82) is 0 Å². The fourth-order valence-corrected chi connectivity index (χ4v) is 1.94. The van der Waals surface area contributed by atoms with Crippen LogP contribution in [-0.2, 0) is 10.9 Å². The number of rotatable bonds is 8. The molecule has 29 heavy (non-hydrogen) atoms. The van der Waals surface area contributed by atoms with Crippen molar-refractivity contribution < 1.29 is 22.7 Å². The molecule has 0 unspecified atom stereocenters. The quantitative estimate of drug-likeness (QED) is 0.290. The Bertz CT molecular complexity index is 676. The predicted octanol–water partition coefficient (Wildman–Crippen LogP) is 1.99. The largest absolute Gasteiger partial charge is 0.444 e. The Morgan fingerprint density at radius 1 is 1.14 bits per heavy atom. The maximum Gasteiger partial charge on any atom is 0.433 e. The Hall–Kier alpha value is -2.79. The van der Waals surface area contributed by atoms with Crippen LogP contribution in [0.2, 0.25) is 0 Å². The lowest BCUT2D eigenvalue weighted by Gasteiger charge is -2.19. The molecule has 1 aromatic rings. The zero-order valence-electron chi connectivity index (χ0n) is 17.0. The molecular weight excluding hydrogens is 391 g/mol. The smallest absolute Gasteiger partial charge is 0.433 e. The zero-order valence-corrected chi connectivity index (χ0v) is 17.0. The number of anilines is 1. The van der Waals surface area contributed by atoms with Crippen LogP contribution in [0, 0.1) is 0 Å². The highest BCUT2D eigenvalue weighted by Crippen LogP contribution is 2.27. The standard InChI is InChI=1S/C17H28F3N7O2/c1-5-21-13(24-10-11-26-15(28)29-16(2,3)4)23-8-9-25-14-22-7-6-12(27-14)17(18,19)20/h6-7H,5,8-11H2,1-4H3,(H,26,28)(H2,21,23,24)(H,22,25,27). The summed E-state index contributed by atoms with van der Waals surface area (Å²) >= 11 is 0. The summed E-state index contributed by atoms with van der Waals surface area (Å²) in [6.07, 6.45) is -3.98. The number of hydrogen-bond acceptors (Lipinski definition) is 6. The molecule has 164 valence electrons. The van der Waals surface area contributed by atoms with E-state index in [1.54, 1.807) is 20.8 Å². The second-order valence-electron chi connectivity index (χ2n) is 6.81. The maximum absolute atomic E-state index is 12.6. The molecule has 0 saturated heterocycles. The van der Waals surface area contributed by atoms with Gasteiger partial charge in [-0.25, -0.2) is 14.8 Å². The van der Waals surface area contributed by atoms with E-state index in [9.17, 15) is 18.0 Å². The number of alkyl carbamates (subject to hydrolysis) is 1. The summed E-state index contributed by atoms with van der Waals surface area (Å²) in [5.41, 5.74) is -1.57. The molecule has 4 N–H and O–H groups in total. The predicted molar refractivity (Wildman–Crippen MR) is 104 cm³/mol. The van der Waals surface area contributed by atoms with E-state index in [0.29, 0.717) is 25.6 Å². The van der Waals surface area contributed by atoms with Crippen LogP contribution in [0.1, 0.15) is 33.4 Å². The van der Waals surface area contributed by atoms with E-state index in [0.717, 1.165) is 12.3 Å². The number of carbonyl (C=O) groups is 1. The Morgan fingerprint density at radius 2 is 1.83 bits per heavy atom. The van der Waals surface area contributed by atoms with Crippen molar-refractivity contribution in [2.75, 3.05) is 38.0 Å². The van der Waals surface area contributed by atoms with Gasteiger partial charge in [0.05, 0.1) is 6.54 Å². The number of halogens is 3. The van der Waals surface area contributed by atoms with E-state index in [2.05, 4.69) is 36.2 Å². The second kappa shape index (κ2) is 11.3. The van der Waals surface area contributed by atoms with E-state index in [1.165, 1.54) is 0 Å². The fraction of sp³-hybridized carbons (Fsp3) is 0.647. The summed E-state index contributed by atoms with van der Waals surface area (Å²) in [4.78, 5) is 23.0. The number of aromatic nitrogens is 2. The second-order valence-corrected chi connectivity index (χ2v) is 6.81. The number of amides is 1. The van der Waals surface area contributed by atoms with Gasteiger partial charge in [-0.05, 0) is 33.8 Å². The van der Waals surface area contributed by atoms with Gasteiger partial charge in [0, 0.05) is 32.4 Å². The molecule has 1 rings (SSSR count). The van der Waals surface area contributed by atoms with Gasteiger partial charge < -0.3 is 26.0 Å². The highest BCUT2D eigenvalue weighted by atomic mass is 19.4. The summed E-state index contributed by atoms with van der Waals surface area (Å²) in [5, 5.41) is 11.4. The monoisotopic (exact) mass is 419 g/mol. The Kier molecular flexibility index (Phi) is 9.42. The third-order valence-electron chi connectivity index (χ3n) is 3.04. The number of ether oxygens (including phenoxy) is 1. The first-order valence-corrected chi connectivity index (χ1v) is 9.14. The minimum Gasteiger partial charge on any atom is -0.444 e. The minimum atomic E-state index is -4.52. The van der Waals surface area contributed by atoms with Crippen molar-refractivity contribution in [3.05, 3.63) is 18.0 Å². The van der Waals surface area contributed by atoms with Crippen molar-refractivity contribution in [2.45, 2.75) is 39.5 Å². The molecule has 0 aromatic carbocycles. The molecule has 1 aromatic heterocycles. The third-order valence-corrected chi connectivity index (χ3v) is 3.04. The lowest BCUT2D eigenvalue weighted by Crippen LogP contribution is -2.42. The summed E-state index contributed by atoms with van der Waals surface area (Å²) in [6, 6.07) is 0.807. The molecule has 0 aliphatic rings. The first-order valence-electron chi connectivity index (χ1n) is 9.14. The number of alkyl halides is 3. The van der Waals surface area contributed by atoms with Gasteiger partial charge in [-0.3, -0.25) is 4.99 Å². The maximum atomic E-state index is 12.6. The summed E-state index contributed by atoms with van der Waals surface area (Å²) in [7, 11) is 0. The highest BCUT2D eigenvalue weighted by molar-refractivity contribution is 5.79. The first-order chi connectivity index (χ1) is 13.5. The van der Waals surface area contributed by atoms with Gasteiger partial charge in [-0.15, -0.1) is 0 Å². The van der Waals surface area contributed by atoms with E-state index >= 15 is 0 Å². The van der Waals surface area contributed by atoms with Crippen LogP contribution in [0.5, 0.6) is 0 Å². The normalized spacial score (nSPS) is 12.3. The van der Waals surface area contributed by atoms with Crippen LogP contribution in [0.25, 0.3) is 0 Å². The average Bonchev–Trinajstić information content (AvgIpc) is 2.60. The molecule has 0 atom stereocenters. The molecule has 1 heterocycles. The van der Waals surface area contributed by atoms with Crippen LogP contribution >= 0.6 is 0 Å². The van der Waals surface area contributed by atoms with Crippen molar-refractivity contribution in [3.63, 3.8) is 0 Å². The SMILES string of the molecule is CCNC(=NCCNc1nccc(C(F)(F)F)n1)NCCNC(=O)OC(C)(C)C. The summed E-state index contributed by atoms with van der Waals surface area (Å²) in [6.45, 7) is 9.10. The Balaban J connectivity index is 2.40. The van der Waals surface area contributed by atoms with Gasteiger partial charge in [-0.2, -0.15) is 13.2 Å². The van der Waals surface area contributed by atoms with E-state index in [4.69, 9.17) is 4.74 Å². The number of aliphatic imine (C=N–C) groups is 1. The van der Waals surface area contributed by atoms with Crippen molar-refractivity contribution in [1.82, 2.24) is 25.9 Å². The number of hydrogen-bond donors (Lipinski definition) is 4. The molecule has 0 spiro atoms. The first kappa shape index (κ1) is 24.2. The van der Waals surface area contributed by atoms with Gasteiger partial charge in [0.2, 0.25) is 5.95 Å². The fourth-order valence-electron chi connectivity index (χ4n) is 1.94. The van der Waals surface area contributed by atoms with Crippen LogP contribution in [0.3, 0.4) is 0 Å². The Labute approximate surface area is 167 Å². The van der Waals surface area contributed by atoms with Crippen LogP contribution in [-0.4, -0.2) is 60.3 Å². The van der Waals surface area contributed by atoms with Gasteiger partial charge >= 0.3 is 12.3 Å². The average molecular weight is 419 g/mol. The van der Waals surface area contributed by atoms with Gasteiger partial charge in [0.25, 0.3) is 0 Å². The molecule has 1 amide bonds. The number of nitrogens with zero attached hydrogens (tertiary/aromatic N) is 3. The van der Waals surface area contributed by atoms with Crippen LogP contribution < -0.4 is 21.3 Å². The van der Waals surface area contributed by atoms with Gasteiger partial charge in [0.15, 0.2) is 5.96 Å². The van der Waals surface area contributed by atoms with Crippen molar-refractivity contribution >= 4 is 18.0 Å². The molecular formula is C17H28F3N7O2. The number of carbonyl (C=O) groups excluding carboxylic acids is 1. The van der Waals surface area contributed by atoms with Crippen molar-refractivity contribution in [3.8, 4) is 0 Å². The minimum absolute atomic E-state index is 0.116. The highest BCUT2D eigenvalue weighted by Gasteiger charge is 2.32. The molecule has 0 aliphatic carbocycles. The van der Waals surface area contributed by atoms with E-state index in [1.807, 2.05) is 6.92 Å². The molecule has 0 radical (unpaired) electrons. The third kappa shape index (κ3) is 11.0. The van der Waals surface area contributed by atoms with E-state index in [-0.39, 0.29) is 19.0 Å². The van der Waals surface area contributed by atoms with Gasteiger partial charge in [-0.1, -0.05) is 0 Å². The number of nitrogens with one attached hydrogen (secondary N) is 4. The lowest BCUT2D eigenvalue weighted by atomic mass is 10.2. The zero-order chi connectivity index (χ0) is 21.9. The summed E-state index contributed by atoms with van der Waals surface area (Å²) in [5.74, 6) is 0.389. The van der Waals surface area contributed by atoms with Crippen molar-refractivity contribution in [2.24, 2.45) is 4.99 Å². The van der Waals surface area contributed by atoms with Gasteiger partial charge in [0.1, 0.15) is 11.3 Å². The number of guanidine groups is 1. The molecule has 0 fully saturated rings. The van der Waals surface area contributed by atoms with E-state index < -0.39 is 23.6 Å². The molecule has 0 saturated carbocycles. The molecule has 0 aliphatic heterocycles. The molecule has 0 bridgehead atoms. The Morgan fingerprint density at radius 3 is 2.45 bits per heavy atom. The summed E-state index contributed by atoms with van der Waals surface area (Å²) < 4.78 is 43.0. The lowest BCUT2D eigenvalue weighted by molar-refractivity contribution is -0.141. The van der Waals surface area contributed by atoms with Crippen LogP contribution in [0.4, 0.5) is 23.9 Å².